The maximum Gasteiger partial charge on any atom is 0.272 e. The summed E-state index contributed by atoms with van der Waals surface area (Å²) >= 11 is 8.89. The van der Waals surface area contributed by atoms with Gasteiger partial charge in [0, 0.05) is 15.6 Å². The van der Waals surface area contributed by atoms with Gasteiger partial charge in [0.05, 0.1) is 17.0 Å². The Morgan fingerprint density at radius 2 is 1.56 bits per heavy atom. The normalized spacial score (nSPS) is 11.0. The Morgan fingerprint density at radius 1 is 1.00 bits per heavy atom. The smallest absolute Gasteiger partial charge is 0.272 e. The number of hydrazine groups is 1. The summed E-state index contributed by atoms with van der Waals surface area (Å²) in [5.41, 5.74) is 3.22. The molecular formula is C20H20BrClN2O3. The number of halogens is 2. The number of benzene rings is 2. The van der Waals surface area contributed by atoms with Crippen molar-refractivity contribution in [3.05, 3.63) is 69.7 Å². The second kappa shape index (κ2) is 8.67. The minimum absolute atomic E-state index is 0.122. The lowest BCUT2D eigenvalue weighted by atomic mass is 10.0. The van der Waals surface area contributed by atoms with Crippen molar-refractivity contribution in [2.45, 2.75) is 26.3 Å². The molecule has 7 heteroatoms. The van der Waals surface area contributed by atoms with Gasteiger partial charge in [-0.15, -0.1) is 11.6 Å². The van der Waals surface area contributed by atoms with Crippen LogP contribution < -0.4 is 5.43 Å². The van der Waals surface area contributed by atoms with Crippen LogP contribution in [0.3, 0.4) is 0 Å². The molecule has 2 aromatic rings. The van der Waals surface area contributed by atoms with Crippen molar-refractivity contribution < 1.29 is 14.4 Å². The average Bonchev–Trinajstić information content (AvgIpc) is 2.64. The van der Waals surface area contributed by atoms with E-state index in [1.807, 2.05) is 20.8 Å². The summed E-state index contributed by atoms with van der Waals surface area (Å²) in [6.07, 6.45) is 0. The molecule has 0 aromatic heterocycles. The topological polar surface area (TPSA) is 66.5 Å². The molecule has 0 bridgehead atoms. The lowest BCUT2D eigenvalue weighted by molar-refractivity contribution is 0.0358. The molecule has 0 aliphatic carbocycles. The monoisotopic (exact) mass is 450 g/mol. The van der Waals surface area contributed by atoms with Gasteiger partial charge in [0.2, 0.25) is 0 Å². The molecule has 0 radical (unpaired) electrons. The van der Waals surface area contributed by atoms with Crippen molar-refractivity contribution in [2.24, 2.45) is 0 Å². The molecular weight excluding hydrogens is 432 g/mol. The van der Waals surface area contributed by atoms with Gasteiger partial charge in [-0.05, 0) is 61.0 Å². The maximum atomic E-state index is 13.0. The fraction of sp³-hybridized carbons (Fsp3) is 0.250. The summed E-state index contributed by atoms with van der Waals surface area (Å²) in [6, 6.07) is 13.2. The average molecular weight is 452 g/mol. The number of hydrogen-bond donors (Lipinski definition) is 1. The van der Waals surface area contributed by atoms with Crippen molar-refractivity contribution in [1.82, 2.24) is 10.4 Å². The molecule has 142 valence electrons. The van der Waals surface area contributed by atoms with Gasteiger partial charge in [0.1, 0.15) is 0 Å². The first-order valence-corrected chi connectivity index (χ1v) is 9.57. The molecule has 2 amide bonds. The highest BCUT2D eigenvalue weighted by Gasteiger charge is 2.30. The number of ketones is 1. The van der Waals surface area contributed by atoms with Gasteiger partial charge in [-0.1, -0.05) is 24.3 Å². The van der Waals surface area contributed by atoms with Crippen LogP contribution in [0.1, 0.15) is 51.8 Å². The van der Waals surface area contributed by atoms with Crippen molar-refractivity contribution in [3.63, 3.8) is 0 Å². The number of carbonyl (C=O) groups excluding carboxylic acids is 3. The molecule has 5 nitrogen and oxygen atoms in total. The van der Waals surface area contributed by atoms with Crippen molar-refractivity contribution in [1.29, 1.82) is 0 Å². The summed E-state index contributed by atoms with van der Waals surface area (Å²) in [5.74, 6) is -1.12. The van der Waals surface area contributed by atoms with Crippen LogP contribution in [0, 0.1) is 0 Å². The van der Waals surface area contributed by atoms with E-state index in [0.29, 0.717) is 21.2 Å². The number of rotatable bonds is 4. The molecule has 0 unspecified atom stereocenters. The number of nitrogens with one attached hydrogen (secondary N) is 1. The molecule has 0 heterocycles. The fourth-order valence-corrected chi connectivity index (χ4v) is 2.95. The maximum absolute atomic E-state index is 13.0. The summed E-state index contributed by atoms with van der Waals surface area (Å²) < 4.78 is 0.632. The van der Waals surface area contributed by atoms with Gasteiger partial charge in [-0.3, -0.25) is 19.8 Å². The minimum atomic E-state index is -0.668. The predicted molar refractivity (Wildman–Crippen MR) is 109 cm³/mol. The highest BCUT2D eigenvalue weighted by atomic mass is 79.9. The molecule has 0 fully saturated rings. The zero-order valence-electron chi connectivity index (χ0n) is 15.3. The number of alkyl halides is 1. The molecule has 1 N–H and O–H groups in total. The molecule has 0 aliphatic heterocycles. The third-order valence-electron chi connectivity index (χ3n) is 3.78. The Kier molecular flexibility index (Phi) is 6.78. The van der Waals surface area contributed by atoms with E-state index in [1.54, 1.807) is 48.5 Å². The highest BCUT2D eigenvalue weighted by molar-refractivity contribution is 9.10. The van der Waals surface area contributed by atoms with E-state index < -0.39 is 11.4 Å². The van der Waals surface area contributed by atoms with Gasteiger partial charge in [-0.2, -0.15) is 0 Å². The third-order valence-corrected chi connectivity index (χ3v) is 4.72. The molecule has 2 rings (SSSR count). The van der Waals surface area contributed by atoms with Crippen LogP contribution in [0.25, 0.3) is 0 Å². The van der Waals surface area contributed by atoms with E-state index >= 15 is 0 Å². The number of carbonyl (C=O) groups is 3. The Hall–Kier alpha value is -2.18. The van der Waals surface area contributed by atoms with E-state index in [1.165, 1.54) is 5.01 Å². The summed E-state index contributed by atoms with van der Waals surface area (Å²) in [6.45, 7) is 5.45. The lowest BCUT2D eigenvalue weighted by Crippen LogP contribution is -2.55. The van der Waals surface area contributed by atoms with Crippen molar-refractivity contribution in [3.8, 4) is 0 Å². The molecule has 0 saturated heterocycles. The fourth-order valence-electron chi connectivity index (χ4n) is 2.34. The Labute approximate surface area is 171 Å². The van der Waals surface area contributed by atoms with Crippen LogP contribution in [0.4, 0.5) is 0 Å². The Balaban J connectivity index is 2.28. The first-order valence-electron chi connectivity index (χ1n) is 8.24. The number of Topliss-reactive ketones (excluding diaryl/α,β-unsaturated/α-hetero) is 1. The third kappa shape index (κ3) is 5.17. The first kappa shape index (κ1) is 21.1. The van der Waals surface area contributed by atoms with Gasteiger partial charge < -0.3 is 0 Å². The molecule has 2 aromatic carbocycles. The van der Waals surface area contributed by atoms with Crippen LogP contribution in [-0.4, -0.2) is 34.0 Å². The molecule has 0 aliphatic rings. The SMILES string of the molecule is CC(C)(C)N(NC(=O)c1ccccc1Br)C(=O)c1ccc(C(=O)CCl)cc1. The quantitative estimate of drug-likeness (QED) is 0.424. The summed E-state index contributed by atoms with van der Waals surface area (Å²) in [5, 5.41) is 1.28. The Bertz CT molecular complexity index is 860. The largest absolute Gasteiger partial charge is 0.293 e. The van der Waals surface area contributed by atoms with Gasteiger partial charge in [0.25, 0.3) is 11.8 Å². The molecule has 27 heavy (non-hydrogen) atoms. The van der Waals surface area contributed by atoms with Gasteiger partial charge in [0.15, 0.2) is 5.78 Å². The Morgan fingerprint density at radius 3 is 2.07 bits per heavy atom. The van der Waals surface area contributed by atoms with Crippen LogP contribution in [0.15, 0.2) is 53.0 Å². The molecule has 0 saturated carbocycles. The minimum Gasteiger partial charge on any atom is -0.293 e. The van der Waals surface area contributed by atoms with E-state index in [0.717, 1.165) is 0 Å². The van der Waals surface area contributed by atoms with Crippen LogP contribution in [-0.2, 0) is 0 Å². The predicted octanol–water partition coefficient (Wildman–Crippen LogP) is 4.46. The van der Waals surface area contributed by atoms with E-state index in [2.05, 4.69) is 21.4 Å². The van der Waals surface area contributed by atoms with Gasteiger partial charge >= 0.3 is 0 Å². The molecule has 0 atom stereocenters. The lowest BCUT2D eigenvalue weighted by Gasteiger charge is -2.35. The van der Waals surface area contributed by atoms with Crippen LogP contribution in [0.5, 0.6) is 0 Å². The molecule has 0 spiro atoms. The standard InChI is InChI=1S/C20H20BrClN2O3/c1-20(2,3)24(23-18(26)15-6-4-5-7-16(15)21)19(27)14-10-8-13(9-11-14)17(25)12-22/h4-11H,12H2,1-3H3,(H,23,26). The van der Waals surface area contributed by atoms with Gasteiger partial charge in [-0.25, -0.2) is 5.01 Å². The number of nitrogens with zero attached hydrogens (tertiary/aromatic N) is 1. The van der Waals surface area contributed by atoms with E-state index in [9.17, 15) is 14.4 Å². The summed E-state index contributed by atoms with van der Waals surface area (Å²) in [4.78, 5) is 37.3. The van der Waals surface area contributed by atoms with Crippen molar-refractivity contribution in [2.75, 3.05) is 5.88 Å². The first-order chi connectivity index (χ1) is 12.6. The number of hydrogen-bond acceptors (Lipinski definition) is 3. The second-order valence-corrected chi connectivity index (χ2v) is 7.99. The van der Waals surface area contributed by atoms with Crippen LogP contribution in [0.2, 0.25) is 0 Å². The van der Waals surface area contributed by atoms with E-state index in [4.69, 9.17) is 11.6 Å². The zero-order valence-corrected chi connectivity index (χ0v) is 17.6. The highest BCUT2D eigenvalue weighted by Crippen LogP contribution is 2.19. The number of amides is 2. The van der Waals surface area contributed by atoms with E-state index in [-0.39, 0.29) is 17.6 Å². The zero-order chi connectivity index (χ0) is 20.2. The second-order valence-electron chi connectivity index (χ2n) is 6.87. The van der Waals surface area contributed by atoms with Crippen LogP contribution >= 0.6 is 27.5 Å². The van der Waals surface area contributed by atoms with Crippen molar-refractivity contribution >= 4 is 45.1 Å². The summed E-state index contributed by atoms with van der Waals surface area (Å²) in [7, 11) is 0.